The molecule has 1 amide bonds. The summed E-state index contributed by atoms with van der Waals surface area (Å²) in [7, 11) is 0. The van der Waals surface area contributed by atoms with Crippen LogP contribution < -0.4 is 0 Å². The van der Waals surface area contributed by atoms with Crippen molar-refractivity contribution in [1.82, 2.24) is 4.90 Å². The van der Waals surface area contributed by atoms with Crippen molar-refractivity contribution in [3.05, 3.63) is 0 Å². The van der Waals surface area contributed by atoms with E-state index in [9.17, 15) is 9.90 Å². The first-order chi connectivity index (χ1) is 6.55. The lowest BCUT2D eigenvalue weighted by molar-refractivity contribution is 0.0588. The Labute approximate surface area is 82.5 Å². The zero-order valence-electron chi connectivity index (χ0n) is 7.60. The number of hydrogen-bond donors (Lipinski definition) is 2. The highest BCUT2D eigenvalue weighted by atomic mass is 16.4. The van der Waals surface area contributed by atoms with Gasteiger partial charge in [0.25, 0.3) is 0 Å². The highest BCUT2D eigenvalue weighted by Crippen LogP contribution is 2.26. The Bertz CT molecular complexity index is 309. The third-order valence-corrected chi connectivity index (χ3v) is 2.42. The summed E-state index contributed by atoms with van der Waals surface area (Å²) < 4.78 is 0. The van der Waals surface area contributed by atoms with Gasteiger partial charge in [-0.15, -0.1) is 12.8 Å². The number of terminal acetylenes is 2. The Morgan fingerprint density at radius 2 is 2.07 bits per heavy atom. The van der Waals surface area contributed by atoms with Crippen LogP contribution in [0, 0.1) is 24.7 Å². The first-order valence-corrected chi connectivity index (χ1v) is 4.22. The summed E-state index contributed by atoms with van der Waals surface area (Å²) in [5.74, 6) is 4.14. The molecule has 1 aliphatic heterocycles. The average molecular weight is 193 g/mol. The Morgan fingerprint density at radius 1 is 1.50 bits per heavy atom. The molecule has 0 bridgehead atoms. The van der Waals surface area contributed by atoms with Gasteiger partial charge in [-0.3, -0.25) is 0 Å². The number of carbonyl (C=O) groups is 1. The zero-order chi connectivity index (χ0) is 10.8. The van der Waals surface area contributed by atoms with Crippen molar-refractivity contribution in [3.8, 4) is 24.7 Å². The summed E-state index contributed by atoms with van der Waals surface area (Å²) in [5.41, 5.74) is -1.78. The van der Waals surface area contributed by atoms with Gasteiger partial charge in [0.2, 0.25) is 5.60 Å². The topological polar surface area (TPSA) is 60.8 Å². The van der Waals surface area contributed by atoms with Gasteiger partial charge in [0.15, 0.2) is 0 Å². The van der Waals surface area contributed by atoms with Gasteiger partial charge >= 0.3 is 6.09 Å². The average Bonchev–Trinajstić information content (AvgIpc) is 2.65. The number of rotatable bonds is 1. The van der Waals surface area contributed by atoms with Gasteiger partial charge < -0.3 is 15.1 Å². The summed E-state index contributed by atoms with van der Waals surface area (Å²) >= 11 is 0. The minimum absolute atomic E-state index is 0.367. The quantitative estimate of drug-likeness (QED) is 0.582. The van der Waals surface area contributed by atoms with E-state index in [0.29, 0.717) is 19.4 Å². The highest BCUT2D eigenvalue weighted by Gasteiger charge is 2.42. The van der Waals surface area contributed by atoms with E-state index in [0.717, 1.165) is 4.90 Å². The summed E-state index contributed by atoms with van der Waals surface area (Å²) in [4.78, 5) is 11.9. The molecule has 1 unspecified atom stereocenters. The number of likely N-dealkylation sites (tertiary alicyclic amines) is 1. The van der Waals surface area contributed by atoms with E-state index in [1.807, 2.05) is 0 Å². The molecule has 0 radical (unpaired) electrons. The molecule has 1 fully saturated rings. The van der Waals surface area contributed by atoms with E-state index >= 15 is 0 Å². The molecule has 14 heavy (non-hydrogen) atoms. The van der Waals surface area contributed by atoms with Gasteiger partial charge in [-0.25, -0.2) is 4.79 Å². The molecule has 2 N–H and O–H groups in total. The second kappa shape index (κ2) is 3.61. The summed E-state index contributed by atoms with van der Waals surface area (Å²) in [6.07, 6.45) is 10.3. The van der Waals surface area contributed by atoms with E-state index in [1.54, 1.807) is 0 Å². The lowest BCUT2D eigenvalue weighted by Gasteiger charge is -2.29. The maximum absolute atomic E-state index is 10.8. The standard InChI is InChI=1S/C10H11NO3/c1-3-10(14,4-2)8-6-5-7-11(8)9(12)13/h1-2,8,14H,5-7H2,(H,12,13). The van der Waals surface area contributed by atoms with E-state index in [1.165, 1.54) is 0 Å². The zero-order valence-corrected chi connectivity index (χ0v) is 7.60. The molecule has 1 aliphatic rings. The van der Waals surface area contributed by atoms with Crippen LogP contribution in [0.25, 0.3) is 0 Å². The van der Waals surface area contributed by atoms with Gasteiger partial charge in [0, 0.05) is 6.54 Å². The molecule has 1 rings (SSSR count). The molecule has 1 heterocycles. The van der Waals surface area contributed by atoms with E-state index < -0.39 is 17.7 Å². The highest BCUT2D eigenvalue weighted by molar-refractivity contribution is 5.66. The van der Waals surface area contributed by atoms with Crippen LogP contribution in [0.5, 0.6) is 0 Å². The molecular formula is C10H11NO3. The normalized spacial score (nSPS) is 21.4. The predicted octanol–water partition coefficient (Wildman–Crippen LogP) is 0.126. The molecule has 74 valence electrons. The molecule has 0 aromatic heterocycles. The fourth-order valence-electron chi connectivity index (χ4n) is 1.66. The fraction of sp³-hybridized carbons (Fsp3) is 0.500. The third kappa shape index (κ3) is 1.53. The van der Waals surface area contributed by atoms with Crippen LogP contribution in [0.1, 0.15) is 12.8 Å². The monoisotopic (exact) mass is 193 g/mol. The Balaban J connectivity index is 2.94. The minimum atomic E-state index is -1.78. The Morgan fingerprint density at radius 3 is 2.50 bits per heavy atom. The lowest BCUT2D eigenvalue weighted by Crippen LogP contribution is -2.49. The van der Waals surface area contributed by atoms with Crippen molar-refractivity contribution in [2.24, 2.45) is 0 Å². The first kappa shape index (κ1) is 10.4. The van der Waals surface area contributed by atoms with Crippen LogP contribution in [0.2, 0.25) is 0 Å². The van der Waals surface area contributed by atoms with Crippen molar-refractivity contribution in [3.63, 3.8) is 0 Å². The number of aliphatic hydroxyl groups is 1. The SMILES string of the molecule is C#CC(O)(C#C)C1CCCN1C(=O)O. The number of hydrogen-bond acceptors (Lipinski definition) is 2. The van der Waals surface area contributed by atoms with Crippen molar-refractivity contribution in [1.29, 1.82) is 0 Å². The van der Waals surface area contributed by atoms with Crippen LogP contribution >= 0.6 is 0 Å². The van der Waals surface area contributed by atoms with Crippen molar-refractivity contribution >= 4 is 6.09 Å². The summed E-state index contributed by atoms with van der Waals surface area (Å²) in [6, 6.07) is -0.685. The first-order valence-electron chi connectivity index (χ1n) is 4.22. The van der Waals surface area contributed by atoms with Crippen LogP contribution in [0.15, 0.2) is 0 Å². The summed E-state index contributed by atoms with van der Waals surface area (Å²) in [6.45, 7) is 0.367. The molecular weight excluding hydrogens is 182 g/mol. The van der Waals surface area contributed by atoms with Crippen LogP contribution in [0.3, 0.4) is 0 Å². The van der Waals surface area contributed by atoms with Gasteiger partial charge in [-0.2, -0.15) is 0 Å². The van der Waals surface area contributed by atoms with Crippen molar-refractivity contribution < 1.29 is 15.0 Å². The number of amides is 1. The second-order valence-electron chi connectivity index (χ2n) is 3.19. The van der Waals surface area contributed by atoms with Gasteiger partial charge in [-0.1, -0.05) is 11.8 Å². The van der Waals surface area contributed by atoms with Crippen LogP contribution in [0.4, 0.5) is 4.79 Å². The molecule has 0 aromatic rings. The van der Waals surface area contributed by atoms with E-state index in [4.69, 9.17) is 18.0 Å². The Kier molecular flexibility index (Phi) is 2.69. The minimum Gasteiger partial charge on any atom is -0.465 e. The van der Waals surface area contributed by atoms with Gasteiger partial charge in [0.1, 0.15) is 0 Å². The predicted molar refractivity (Wildman–Crippen MR) is 50.4 cm³/mol. The van der Waals surface area contributed by atoms with E-state index in [2.05, 4.69) is 11.8 Å². The molecule has 4 heteroatoms. The van der Waals surface area contributed by atoms with Crippen molar-refractivity contribution in [2.45, 2.75) is 24.5 Å². The van der Waals surface area contributed by atoms with Crippen LogP contribution in [-0.2, 0) is 0 Å². The molecule has 0 saturated carbocycles. The van der Waals surface area contributed by atoms with Crippen LogP contribution in [-0.4, -0.2) is 39.4 Å². The van der Waals surface area contributed by atoms with Gasteiger partial charge in [-0.05, 0) is 12.8 Å². The largest absolute Gasteiger partial charge is 0.465 e. The van der Waals surface area contributed by atoms with Gasteiger partial charge in [0.05, 0.1) is 6.04 Å². The fourth-order valence-corrected chi connectivity index (χ4v) is 1.66. The maximum Gasteiger partial charge on any atom is 0.407 e. The molecule has 0 aliphatic carbocycles. The Hall–Kier alpha value is -1.65. The number of nitrogens with zero attached hydrogens (tertiary/aromatic N) is 1. The molecule has 0 spiro atoms. The molecule has 1 atom stereocenters. The van der Waals surface area contributed by atoms with Crippen molar-refractivity contribution in [2.75, 3.05) is 6.54 Å². The second-order valence-corrected chi connectivity index (χ2v) is 3.19. The molecule has 4 nitrogen and oxygen atoms in total. The maximum atomic E-state index is 10.8. The van der Waals surface area contributed by atoms with E-state index in [-0.39, 0.29) is 0 Å². The lowest BCUT2D eigenvalue weighted by atomic mass is 9.94. The summed E-state index contributed by atoms with van der Waals surface area (Å²) in [5, 5.41) is 18.6. The smallest absolute Gasteiger partial charge is 0.407 e. The number of carboxylic acid groups (broad SMARTS) is 1. The molecule has 1 saturated heterocycles. The molecule has 0 aromatic carbocycles. The third-order valence-electron chi connectivity index (χ3n) is 2.42.